The average molecular weight is 373 g/mol. The minimum Gasteiger partial charge on any atom is -0.364 e. The fourth-order valence-corrected chi connectivity index (χ4v) is 3.24. The van der Waals surface area contributed by atoms with Crippen molar-refractivity contribution in [3.8, 4) is 0 Å². The normalized spacial score (nSPS) is 11.2. The summed E-state index contributed by atoms with van der Waals surface area (Å²) in [4.78, 5) is 3.97. The van der Waals surface area contributed by atoms with E-state index >= 15 is 0 Å². The van der Waals surface area contributed by atoms with E-state index in [4.69, 9.17) is 0 Å². The molecule has 3 aromatic rings. The molecule has 0 amide bonds. The van der Waals surface area contributed by atoms with Crippen LogP contribution >= 0.6 is 0 Å². The molecular weight excluding hydrogens is 357 g/mol. The van der Waals surface area contributed by atoms with E-state index in [2.05, 4.69) is 25.2 Å². The molecule has 0 bridgehead atoms. The van der Waals surface area contributed by atoms with Gasteiger partial charge in [-0.15, -0.1) is 10.2 Å². The number of aromatic nitrogens is 3. The number of pyridine rings is 1. The van der Waals surface area contributed by atoms with Crippen LogP contribution in [0, 0.1) is 12.7 Å². The van der Waals surface area contributed by atoms with Crippen LogP contribution in [0.2, 0.25) is 0 Å². The number of nitrogens with zero attached hydrogens (tertiary/aromatic N) is 3. The second-order valence-corrected chi connectivity index (χ2v) is 7.22. The monoisotopic (exact) mass is 373 g/mol. The minimum absolute atomic E-state index is 0.0445. The van der Waals surface area contributed by atoms with Crippen molar-refractivity contribution >= 4 is 21.7 Å². The quantitative estimate of drug-likeness (QED) is 0.690. The molecule has 9 heteroatoms. The van der Waals surface area contributed by atoms with Crippen LogP contribution in [-0.4, -0.2) is 23.6 Å². The number of benzene rings is 1. The lowest BCUT2D eigenvalue weighted by molar-refractivity contribution is 0.598. The number of sulfonamides is 1. The van der Waals surface area contributed by atoms with Gasteiger partial charge in [-0.25, -0.2) is 12.8 Å². The van der Waals surface area contributed by atoms with Crippen molar-refractivity contribution in [1.82, 2.24) is 15.2 Å². The molecule has 134 valence electrons. The Balaban J connectivity index is 1.67. The Hall–Kier alpha value is -3.07. The highest BCUT2D eigenvalue weighted by Gasteiger charge is 2.16. The summed E-state index contributed by atoms with van der Waals surface area (Å²) in [5.41, 5.74) is 1.22. The second-order valence-electron chi connectivity index (χ2n) is 5.54. The maximum absolute atomic E-state index is 13.3. The van der Waals surface area contributed by atoms with E-state index in [0.29, 0.717) is 12.4 Å². The zero-order chi connectivity index (χ0) is 18.6. The summed E-state index contributed by atoms with van der Waals surface area (Å²) in [7, 11) is -3.87. The van der Waals surface area contributed by atoms with E-state index < -0.39 is 15.8 Å². The maximum atomic E-state index is 13.3. The molecule has 2 heterocycles. The van der Waals surface area contributed by atoms with Crippen molar-refractivity contribution in [3.05, 3.63) is 71.8 Å². The van der Waals surface area contributed by atoms with Gasteiger partial charge in [-0.3, -0.25) is 9.71 Å². The third-order valence-electron chi connectivity index (χ3n) is 3.54. The average Bonchev–Trinajstić information content (AvgIpc) is 2.64. The van der Waals surface area contributed by atoms with Crippen LogP contribution < -0.4 is 10.0 Å². The SMILES string of the molecule is Cc1cc(S(=O)(=O)Nc2ccc(NCc3cccnc3)nn2)ccc1F. The molecule has 0 unspecified atom stereocenters. The highest BCUT2D eigenvalue weighted by molar-refractivity contribution is 7.92. The summed E-state index contributed by atoms with van der Waals surface area (Å²) >= 11 is 0. The van der Waals surface area contributed by atoms with Gasteiger partial charge in [0.15, 0.2) is 5.82 Å². The molecule has 0 radical (unpaired) electrons. The van der Waals surface area contributed by atoms with Gasteiger partial charge in [0, 0.05) is 18.9 Å². The Morgan fingerprint density at radius 2 is 1.85 bits per heavy atom. The maximum Gasteiger partial charge on any atom is 0.263 e. The number of rotatable bonds is 6. The molecule has 0 saturated heterocycles. The van der Waals surface area contributed by atoms with Crippen LogP contribution in [0.4, 0.5) is 16.0 Å². The number of nitrogens with one attached hydrogen (secondary N) is 2. The van der Waals surface area contributed by atoms with Crippen LogP contribution in [0.1, 0.15) is 11.1 Å². The largest absolute Gasteiger partial charge is 0.364 e. The predicted molar refractivity (Wildman–Crippen MR) is 95.5 cm³/mol. The van der Waals surface area contributed by atoms with E-state index in [-0.39, 0.29) is 16.3 Å². The van der Waals surface area contributed by atoms with E-state index in [9.17, 15) is 12.8 Å². The van der Waals surface area contributed by atoms with Gasteiger partial charge >= 0.3 is 0 Å². The van der Waals surface area contributed by atoms with Crippen molar-refractivity contribution in [3.63, 3.8) is 0 Å². The molecule has 0 spiro atoms. The molecule has 7 nitrogen and oxygen atoms in total. The van der Waals surface area contributed by atoms with E-state index in [1.165, 1.54) is 25.1 Å². The first-order valence-electron chi connectivity index (χ1n) is 7.69. The lowest BCUT2D eigenvalue weighted by Gasteiger charge is -2.09. The molecule has 0 aliphatic rings. The molecule has 1 aromatic carbocycles. The number of hydrogen-bond acceptors (Lipinski definition) is 6. The molecule has 0 aliphatic carbocycles. The molecule has 0 aliphatic heterocycles. The Morgan fingerprint density at radius 3 is 2.50 bits per heavy atom. The van der Waals surface area contributed by atoms with Crippen LogP contribution in [0.5, 0.6) is 0 Å². The first-order valence-corrected chi connectivity index (χ1v) is 9.18. The molecular formula is C17H16FN5O2S. The van der Waals surface area contributed by atoms with Gasteiger partial charge in [0.1, 0.15) is 11.6 Å². The topological polar surface area (TPSA) is 96.9 Å². The van der Waals surface area contributed by atoms with Gasteiger partial charge in [0.2, 0.25) is 0 Å². The van der Waals surface area contributed by atoms with Crippen molar-refractivity contribution < 1.29 is 12.8 Å². The van der Waals surface area contributed by atoms with Crippen LogP contribution in [0.15, 0.2) is 59.8 Å². The van der Waals surface area contributed by atoms with Gasteiger partial charge < -0.3 is 5.32 Å². The Morgan fingerprint density at radius 1 is 1.08 bits per heavy atom. The van der Waals surface area contributed by atoms with Gasteiger partial charge in [0.25, 0.3) is 10.0 Å². The minimum atomic E-state index is -3.87. The number of aryl methyl sites for hydroxylation is 1. The highest BCUT2D eigenvalue weighted by atomic mass is 32.2. The summed E-state index contributed by atoms with van der Waals surface area (Å²) in [6.45, 7) is 2.01. The first kappa shape index (κ1) is 17.7. The van der Waals surface area contributed by atoms with Gasteiger partial charge in [0.05, 0.1) is 4.90 Å². The number of halogens is 1. The lowest BCUT2D eigenvalue weighted by atomic mass is 10.2. The smallest absolute Gasteiger partial charge is 0.263 e. The van der Waals surface area contributed by atoms with Crippen molar-refractivity contribution in [1.29, 1.82) is 0 Å². The molecule has 0 atom stereocenters. The zero-order valence-corrected chi connectivity index (χ0v) is 14.7. The van der Waals surface area contributed by atoms with Gasteiger partial charge in [-0.1, -0.05) is 6.07 Å². The van der Waals surface area contributed by atoms with Gasteiger partial charge in [-0.05, 0) is 54.4 Å². The third kappa shape index (κ3) is 4.31. The zero-order valence-electron chi connectivity index (χ0n) is 13.8. The molecule has 26 heavy (non-hydrogen) atoms. The Labute approximate surface area is 150 Å². The van der Waals surface area contributed by atoms with Crippen LogP contribution in [0.3, 0.4) is 0 Å². The summed E-state index contributed by atoms with van der Waals surface area (Å²) in [6, 6.07) is 10.4. The van der Waals surface area contributed by atoms with Crippen molar-refractivity contribution in [2.24, 2.45) is 0 Å². The van der Waals surface area contributed by atoms with Crippen LogP contribution in [-0.2, 0) is 16.6 Å². The summed E-state index contributed by atoms with van der Waals surface area (Å²) in [5.74, 6) is 0.0983. The first-order chi connectivity index (χ1) is 12.4. The summed E-state index contributed by atoms with van der Waals surface area (Å²) in [6.07, 6.45) is 3.42. The standard InChI is InChI=1S/C17H16FN5O2S/c1-12-9-14(4-5-15(12)18)26(24,25)23-17-7-6-16(21-22-17)20-11-13-3-2-8-19-10-13/h2-10H,11H2,1H3,(H,20,21)(H,22,23). The second kappa shape index (κ2) is 7.44. The fraction of sp³-hybridized carbons (Fsp3) is 0.118. The predicted octanol–water partition coefficient (Wildman–Crippen LogP) is 2.73. The molecule has 2 aromatic heterocycles. The van der Waals surface area contributed by atoms with Crippen molar-refractivity contribution in [2.45, 2.75) is 18.4 Å². The molecule has 0 saturated carbocycles. The molecule has 2 N–H and O–H groups in total. The lowest BCUT2D eigenvalue weighted by Crippen LogP contribution is -2.15. The van der Waals surface area contributed by atoms with Crippen LogP contribution in [0.25, 0.3) is 0 Å². The number of anilines is 2. The number of hydrogen-bond donors (Lipinski definition) is 2. The highest BCUT2D eigenvalue weighted by Crippen LogP contribution is 2.17. The van der Waals surface area contributed by atoms with E-state index in [1.807, 2.05) is 12.1 Å². The summed E-state index contributed by atoms with van der Waals surface area (Å²) in [5, 5.41) is 10.8. The fourth-order valence-electron chi connectivity index (χ4n) is 2.16. The third-order valence-corrected chi connectivity index (χ3v) is 4.89. The Kier molecular flexibility index (Phi) is 5.08. The molecule has 3 rings (SSSR count). The summed E-state index contributed by atoms with van der Waals surface area (Å²) < 4.78 is 40.3. The van der Waals surface area contributed by atoms with Crippen molar-refractivity contribution in [2.75, 3.05) is 10.0 Å². The molecule has 0 fully saturated rings. The van der Waals surface area contributed by atoms with Gasteiger partial charge in [-0.2, -0.15) is 0 Å². The van der Waals surface area contributed by atoms with E-state index in [1.54, 1.807) is 18.5 Å². The van der Waals surface area contributed by atoms with E-state index in [0.717, 1.165) is 11.6 Å². The Bertz CT molecular complexity index is 995.